The highest BCUT2D eigenvalue weighted by atomic mass is 32.2. The molecule has 0 spiro atoms. The van der Waals surface area contributed by atoms with E-state index in [1.807, 2.05) is 44.4 Å². The Morgan fingerprint density at radius 3 is 2.50 bits per heavy atom. The number of rotatable bonds is 3. The lowest BCUT2D eigenvalue weighted by molar-refractivity contribution is 0.281. The number of nitriles is 1. The summed E-state index contributed by atoms with van der Waals surface area (Å²) in [5, 5.41) is 9.25. The molecule has 6 heteroatoms. The van der Waals surface area contributed by atoms with E-state index in [0.717, 1.165) is 5.56 Å². The average molecular weight is 341 g/mol. The van der Waals surface area contributed by atoms with Crippen LogP contribution in [0, 0.1) is 11.3 Å². The van der Waals surface area contributed by atoms with E-state index in [2.05, 4.69) is 4.90 Å². The molecule has 24 heavy (non-hydrogen) atoms. The largest absolute Gasteiger partial charge is 0.302 e. The molecule has 124 valence electrons. The zero-order chi connectivity index (χ0) is 17.3. The normalized spacial score (nSPS) is 17.4. The lowest BCUT2D eigenvalue weighted by Gasteiger charge is -2.37. The van der Waals surface area contributed by atoms with Crippen molar-refractivity contribution >= 4 is 15.7 Å². The van der Waals surface area contributed by atoms with Gasteiger partial charge >= 0.3 is 0 Å². The number of fused-ring (bicyclic) bond motifs is 1. The molecule has 0 radical (unpaired) electrons. The number of para-hydroxylation sites is 1. The molecule has 0 amide bonds. The molecular weight excluding hydrogens is 322 g/mol. The fourth-order valence-electron chi connectivity index (χ4n) is 3.20. The minimum atomic E-state index is -3.78. The molecule has 5 nitrogen and oxygen atoms in total. The Morgan fingerprint density at radius 2 is 1.79 bits per heavy atom. The topological polar surface area (TPSA) is 64.4 Å². The summed E-state index contributed by atoms with van der Waals surface area (Å²) in [6.07, 6.45) is 0.706. The van der Waals surface area contributed by atoms with Crippen LogP contribution in [-0.2, 0) is 10.0 Å². The first-order chi connectivity index (χ1) is 11.5. The highest BCUT2D eigenvalue weighted by molar-refractivity contribution is 7.92. The van der Waals surface area contributed by atoms with Gasteiger partial charge in [-0.2, -0.15) is 5.26 Å². The predicted octanol–water partition coefficient (Wildman–Crippen LogP) is 2.76. The maximum absolute atomic E-state index is 13.2. The maximum atomic E-state index is 13.2. The first-order valence-electron chi connectivity index (χ1n) is 7.74. The third-order valence-corrected chi connectivity index (χ3v) is 6.24. The lowest BCUT2D eigenvalue weighted by Crippen LogP contribution is -2.39. The van der Waals surface area contributed by atoms with Crippen molar-refractivity contribution in [3.8, 4) is 6.07 Å². The second-order valence-corrected chi connectivity index (χ2v) is 7.84. The van der Waals surface area contributed by atoms with Crippen LogP contribution in [-0.4, -0.2) is 34.0 Å². The minimum Gasteiger partial charge on any atom is -0.302 e. The van der Waals surface area contributed by atoms with Gasteiger partial charge < -0.3 is 4.90 Å². The number of nitrogens with zero attached hydrogens (tertiary/aromatic N) is 3. The van der Waals surface area contributed by atoms with Crippen LogP contribution < -0.4 is 4.31 Å². The molecule has 0 bridgehead atoms. The van der Waals surface area contributed by atoms with Crippen LogP contribution in [0.25, 0.3) is 0 Å². The zero-order valence-electron chi connectivity index (χ0n) is 13.7. The molecule has 1 aliphatic heterocycles. The van der Waals surface area contributed by atoms with Crippen molar-refractivity contribution in [1.82, 2.24) is 4.90 Å². The predicted molar refractivity (Wildman–Crippen MR) is 93.2 cm³/mol. The first-order valence-corrected chi connectivity index (χ1v) is 9.18. The number of anilines is 1. The summed E-state index contributed by atoms with van der Waals surface area (Å²) in [5.74, 6) is 0. The SMILES string of the molecule is CN(C)C1CCN(S(=O)(=O)c2ccccc2C#N)c2ccccc21. The fraction of sp³-hybridized carbons (Fsp3) is 0.278. The van der Waals surface area contributed by atoms with Gasteiger partial charge in [0.15, 0.2) is 0 Å². The second-order valence-electron chi connectivity index (χ2n) is 6.01. The Morgan fingerprint density at radius 1 is 1.12 bits per heavy atom. The monoisotopic (exact) mass is 341 g/mol. The van der Waals surface area contributed by atoms with Crippen molar-refractivity contribution in [2.24, 2.45) is 0 Å². The Labute approximate surface area is 142 Å². The van der Waals surface area contributed by atoms with Gasteiger partial charge in [0, 0.05) is 12.6 Å². The highest BCUT2D eigenvalue weighted by Crippen LogP contribution is 2.39. The molecule has 2 aromatic carbocycles. The zero-order valence-corrected chi connectivity index (χ0v) is 14.5. The van der Waals surface area contributed by atoms with Gasteiger partial charge in [0.25, 0.3) is 10.0 Å². The standard InChI is InChI=1S/C18H19N3O2S/c1-20(2)16-11-12-21(17-9-5-4-8-15(16)17)24(22,23)18-10-6-3-7-14(18)13-19/h3-10,16H,11-12H2,1-2H3. The Balaban J connectivity index is 2.13. The number of sulfonamides is 1. The summed E-state index contributed by atoms with van der Waals surface area (Å²) in [5.41, 5.74) is 1.85. The van der Waals surface area contributed by atoms with E-state index in [1.54, 1.807) is 12.1 Å². The molecule has 0 N–H and O–H groups in total. The Kier molecular flexibility index (Phi) is 4.31. The summed E-state index contributed by atoms with van der Waals surface area (Å²) in [4.78, 5) is 2.16. The minimum absolute atomic E-state index is 0.0607. The molecule has 0 saturated carbocycles. The van der Waals surface area contributed by atoms with Crippen molar-refractivity contribution in [3.63, 3.8) is 0 Å². The highest BCUT2D eigenvalue weighted by Gasteiger charge is 2.34. The second kappa shape index (κ2) is 6.27. The smallest absolute Gasteiger partial charge is 0.265 e. The van der Waals surface area contributed by atoms with E-state index >= 15 is 0 Å². The fourth-order valence-corrected chi connectivity index (χ4v) is 4.85. The molecule has 1 unspecified atom stereocenters. The number of benzene rings is 2. The molecule has 1 aliphatic rings. The summed E-state index contributed by atoms with van der Waals surface area (Å²) >= 11 is 0. The van der Waals surface area contributed by atoms with Gasteiger partial charge in [0.05, 0.1) is 11.3 Å². The van der Waals surface area contributed by atoms with Gasteiger partial charge in [0.1, 0.15) is 11.0 Å². The van der Waals surface area contributed by atoms with Crippen molar-refractivity contribution in [2.75, 3.05) is 24.9 Å². The molecule has 1 heterocycles. The van der Waals surface area contributed by atoms with Crippen LogP contribution in [0.1, 0.15) is 23.6 Å². The van der Waals surface area contributed by atoms with Gasteiger partial charge in [-0.15, -0.1) is 0 Å². The quantitative estimate of drug-likeness (QED) is 0.861. The van der Waals surface area contributed by atoms with E-state index in [4.69, 9.17) is 0 Å². The summed E-state index contributed by atoms with van der Waals surface area (Å²) in [6.45, 7) is 0.391. The van der Waals surface area contributed by atoms with Crippen LogP contribution in [0.15, 0.2) is 53.4 Å². The van der Waals surface area contributed by atoms with Crippen molar-refractivity contribution < 1.29 is 8.42 Å². The molecule has 0 fully saturated rings. The van der Waals surface area contributed by atoms with Gasteiger partial charge in [-0.1, -0.05) is 30.3 Å². The van der Waals surface area contributed by atoms with Gasteiger partial charge in [-0.3, -0.25) is 4.31 Å². The van der Waals surface area contributed by atoms with E-state index in [1.165, 1.54) is 16.4 Å². The summed E-state index contributed by atoms with van der Waals surface area (Å²) in [6, 6.07) is 16.1. The van der Waals surface area contributed by atoms with Gasteiger partial charge in [-0.25, -0.2) is 8.42 Å². The molecular formula is C18H19N3O2S. The molecule has 0 aliphatic carbocycles. The summed E-state index contributed by atoms with van der Waals surface area (Å²) < 4.78 is 27.8. The lowest BCUT2D eigenvalue weighted by atomic mass is 9.97. The average Bonchev–Trinajstić information content (AvgIpc) is 2.60. The first kappa shape index (κ1) is 16.5. The van der Waals surface area contributed by atoms with Gasteiger partial charge in [-0.05, 0) is 44.3 Å². The number of hydrogen-bond acceptors (Lipinski definition) is 4. The molecule has 0 aromatic heterocycles. The molecule has 2 aromatic rings. The van der Waals surface area contributed by atoms with Gasteiger partial charge in [0.2, 0.25) is 0 Å². The van der Waals surface area contributed by atoms with Crippen LogP contribution in [0.2, 0.25) is 0 Å². The van der Waals surface area contributed by atoms with Crippen LogP contribution >= 0.6 is 0 Å². The van der Waals surface area contributed by atoms with E-state index < -0.39 is 10.0 Å². The van der Waals surface area contributed by atoms with Crippen molar-refractivity contribution in [3.05, 3.63) is 59.7 Å². The number of hydrogen-bond donors (Lipinski definition) is 0. The Hall–Kier alpha value is -2.36. The van der Waals surface area contributed by atoms with Crippen molar-refractivity contribution in [1.29, 1.82) is 5.26 Å². The maximum Gasteiger partial charge on any atom is 0.265 e. The Bertz CT molecular complexity index is 900. The van der Waals surface area contributed by atoms with Crippen LogP contribution in [0.5, 0.6) is 0 Å². The third-order valence-electron chi connectivity index (χ3n) is 4.37. The third kappa shape index (κ3) is 2.66. The molecule has 0 saturated heterocycles. The molecule has 1 atom stereocenters. The van der Waals surface area contributed by atoms with Crippen LogP contribution in [0.3, 0.4) is 0 Å². The van der Waals surface area contributed by atoms with E-state index in [0.29, 0.717) is 18.7 Å². The summed E-state index contributed by atoms with van der Waals surface area (Å²) in [7, 11) is 0.218. The molecule has 3 rings (SSSR count). The van der Waals surface area contributed by atoms with Crippen molar-refractivity contribution in [2.45, 2.75) is 17.4 Å². The van der Waals surface area contributed by atoms with E-state index in [9.17, 15) is 13.7 Å². The van der Waals surface area contributed by atoms with E-state index in [-0.39, 0.29) is 16.5 Å². The van der Waals surface area contributed by atoms with Crippen LogP contribution in [0.4, 0.5) is 5.69 Å².